The highest BCUT2D eigenvalue weighted by atomic mass is 28.2. The van der Waals surface area contributed by atoms with Crippen LogP contribution >= 0.6 is 0 Å². The number of carboxylic acid groups (broad SMARTS) is 1. The number of carbonyl (C=O) groups is 1. The van der Waals surface area contributed by atoms with E-state index in [1.807, 2.05) is 32.9 Å². The summed E-state index contributed by atoms with van der Waals surface area (Å²) in [7, 11) is 0.184. The highest BCUT2D eigenvalue weighted by Crippen LogP contribution is 2.36. The summed E-state index contributed by atoms with van der Waals surface area (Å²) >= 11 is 0. The molecule has 0 amide bonds. The largest absolute Gasteiger partial charge is 0.478 e. The fourth-order valence-electron chi connectivity index (χ4n) is 2.80. The summed E-state index contributed by atoms with van der Waals surface area (Å²) in [5.74, 6) is -6.64. The summed E-state index contributed by atoms with van der Waals surface area (Å²) in [5, 5.41) is 9.05. The Morgan fingerprint density at radius 3 is 2.20 bits per heavy atom. The van der Waals surface area contributed by atoms with Gasteiger partial charge in [0.25, 0.3) is 0 Å². The molecule has 1 atom stereocenters. The molecular weight excluding hydrogens is 349 g/mol. The maximum atomic E-state index is 14.4. The number of rotatable bonds is 4. The van der Waals surface area contributed by atoms with Crippen LogP contribution in [0.5, 0.6) is 0 Å². The first-order valence-corrected chi connectivity index (χ1v) is 8.44. The maximum Gasteiger partial charge on any atom is 0.338 e. The molecular formula is C18H19F3O3Si. The minimum absolute atomic E-state index is 0.184. The molecule has 1 N–H and O–H groups in total. The highest BCUT2D eigenvalue weighted by molar-refractivity contribution is 5.98. The van der Waals surface area contributed by atoms with Crippen LogP contribution in [-0.2, 0) is 9.84 Å². The van der Waals surface area contributed by atoms with Crippen molar-refractivity contribution in [1.82, 2.24) is 0 Å². The lowest BCUT2D eigenvalue weighted by Crippen LogP contribution is -2.19. The SMILES string of the molecule is CC(C)(C)c1ccccc1C(O[SiH3])c1cc(C(=O)O)c(F)c(F)c1F. The molecule has 3 nitrogen and oxygen atoms in total. The van der Waals surface area contributed by atoms with Gasteiger partial charge < -0.3 is 9.53 Å². The first-order valence-electron chi connectivity index (χ1n) is 7.62. The van der Waals surface area contributed by atoms with E-state index in [-0.39, 0.29) is 21.5 Å². The van der Waals surface area contributed by atoms with Crippen molar-refractivity contribution in [3.8, 4) is 0 Å². The second kappa shape index (κ2) is 7.01. The van der Waals surface area contributed by atoms with Gasteiger partial charge in [-0.05, 0) is 22.6 Å². The van der Waals surface area contributed by atoms with Crippen LogP contribution in [0.2, 0.25) is 0 Å². The van der Waals surface area contributed by atoms with E-state index in [0.717, 1.165) is 11.6 Å². The van der Waals surface area contributed by atoms with E-state index in [1.165, 1.54) is 0 Å². The molecule has 0 spiro atoms. The molecule has 2 aromatic carbocycles. The molecule has 0 saturated carbocycles. The number of hydrogen-bond donors (Lipinski definition) is 1. The van der Waals surface area contributed by atoms with Gasteiger partial charge in [-0.3, -0.25) is 0 Å². The molecule has 2 rings (SSSR count). The zero-order valence-corrected chi connectivity index (χ0v) is 16.4. The van der Waals surface area contributed by atoms with E-state index in [2.05, 4.69) is 0 Å². The summed E-state index contributed by atoms with van der Waals surface area (Å²) in [6.07, 6.45) is -1.02. The predicted octanol–water partition coefficient (Wildman–Crippen LogP) is 3.49. The average Bonchev–Trinajstić information content (AvgIpc) is 2.54. The first kappa shape index (κ1) is 19.2. The molecule has 0 aliphatic rings. The van der Waals surface area contributed by atoms with Crippen molar-refractivity contribution in [3.05, 3.63) is 70.0 Å². The van der Waals surface area contributed by atoms with Gasteiger partial charge in [-0.2, -0.15) is 0 Å². The molecule has 0 radical (unpaired) electrons. The lowest BCUT2D eigenvalue weighted by molar-refractivity contribution is 0.0690. The third-order valence-corrected chi connectivity index (χ3v) is 4.45. The fourth-order valence-corrected chi connectivity index (χ4v) is 3.31. The summed E-state index contributed by atoms with van der Waals surface area (Å²) in [6.45, 7) is 5.88. The zero-order valence-electron chi connectivity index (χ0n) is 14.4. The van der Waals surface area contributed by atoms with E-state index >= 15 is 0 Å². The van der Waals surface area contributed by atoms with Crippen LogP contribution in [-0.4, -0.2) is 21.6 Å². The normalized spacial score (nSPS) is 13.0. The van der Waals surface area contributed by atoms with Crippen molar-refractivity contribution in [3.63, 3.8) is 0 Å². The van der Waals surface area contributed by atoms with Crippen LogP contribution in [0.15, 0.2) is 30.3 Å². The van der Waals surface area contributed by atoms with Gasteiger partial charge in [-0.15, -0.1) is 0 Å². The van der Waals surface area contributed by atoms with E-state index in [9.17, 15) is 18.0 Å². The molecule has 0 saturated heterocycles. The molecule has 0 aromatic heterocycles. The Hall–Kier alpha value is -2.12. The summed E-state index contributed by atoms with van der Waals surface area (Å²) < 4.78 is 47.5. The van der Waals surface area contributed by atoms with E-state index in [0.29, 0.717) is 5.56 Å². The average molecular weight is 368 g/mol. The standard InChI is InChI=1S/C18H19F3O3Si/c1-18(2,3)12-7-5-4-6-9(12)16(24-25)10-8-11(17(22)23)14(20)15(21)13(10)19/h4-8,16H,1-3,25H3,(H,22,23). The van der Waals surface area contributed by atoms with Crippen LogP contribution in [0, 0.1) is 17.5 Å². The molecule has 25 heavy (non-hydrogen) atoms. The monoisotopic (exact) mass is 368 g/mol. The molecule has 1 unspecified atom stereocenters. The van der Waals surface area contributed by atoms with Crippen molar-refractivity contribution in [2.45, 2.75) is 32.3 Å². The quantitative estimate of drug-likeness (QED) is 0.664. The number of hydrogen-bond acceptors (Lipinski definition) is 2. The third kappa shape index (κ3) is 3.62. The summed E-state index contributed by atoms with van der Waals surface area (Å²) in [6, 6.07) is 7.91. The molecule has 0 aliphatic carbocycles. The molecule has 0 bridgehead atoms. The second-order valence-electron chi connectivity index (χ2n) is 6.71. The molecule has 134 valence electrons. The van der Waals surface area contributed by atoms with Crippen molar-refractivity contribution in [2.24, 2.45) is 0 Å². The van der Waals surface area contributed by atoms with Gasteiger partial charge >= 0.3 is 5.97 Å². The van der Waals surface area contributed by atoms with Crippen LogP contribution in [0.3, 0.4) is 0 Å². The zero-order chi connectivity index (χ0) is 18.9. The third-order valence-electron chi connectivity index (χ3n) is 3.98. The van der Waals surface area contributed by atoms with Gasteiger partial charge in [0, 0.05) is 5.56 Å². The van der Waals surface area contributed by atoms with Gasteiger partial charge in [-0.25, -0.2) is 18.0 Å². The van der Waals surface area contributed by atoms with Crippen molar-refractivity contribution in [1.29, 1.82) is 0 Å². The number of aromatic carboxylic acids is 1. The summed E-state index contributed by atoms with van der Waals surface area (Å²) in [5.41, 5.74) is -0.128. The molecule has 0 heterocycles. The lowest BCUT2D eigenvalue weighted by Gasteiger charge is -2.28. The second-order valence-corrected chi connectivity index (χ2v) is 7.18. The Morgan fingerprint density at radius 1 is 1.08 bits per heavy atom. The van der Waals surface area contributed by atoms with Gasteiger partial charge in [0.05, 0.1) is 11.7 Å². The van der Waals surface area contributed by atoms with Gasteiger partial charge in [-0.1, -0.05) is 45.0 Å². The topological polar surface area (TPSA) is 46.5 Å². The van der Waals surface area contributed by atoms with Gasteiger partial charge in [0.1, 0.15) is 10.5 Å². The highest BCUT2D eigenvalue weighted by Gasteiger charge is 2.30. The Kier molecular flexibility index (Phi) is 5.39. The van der Waals surface area contributed by atoms with Crippen molar-refractivity contribution in [2.75, 3.05) is 0 Å². The number of benzene rings is 2. The molecule has 0 aliphatic heterocycles. The molecule has 2 aromatic rings. The van der Waals surface area contributed by atoms with Crippen LogP contribution in [0.25, 0.3) is 0 Å². The Balaban J connectivity index is 2.74. The lowest BCUT2D eigenvalue weighted by atomic mass is 9.81. The van der Waals surface area contributed by atoms with E-state index in [4.69, 9.17) is 9.53 Å². The van der Waals surface area contributed by atoms with Crippen molar-refractivity contribution >= 4 is 16.5 Å². The molecule has 0 fully saturated rings. The Bertz CT molecular complexity index is 816. The number of halogens is 3. The van der Waals surface area contributed by atoms with Crippen LogP contribution in [0.4, 0.5) is 13.2 Å². The predicted molar refractivity (Wildman–Crippen MR) is 91.3 cm³/mol. The van der Waals surface area contributed by atoms with Crippen LogP contribution in [0.1, 0.15) is 53.9 Å². The first-order chi connectivity index (χ1) is 11.6. The van der Waals surface area contributed by atoms with E-state index in [1.54, 1.807) is 12.1 Å². The Morgan fingerprint density at radius 2 is 1.68 bits per heavy atom. The van der Waals surface area contributed by atoms with Crippen molar-refractivity contribution < 1.29 is 27.5 Å². The minimum Gasteiger partial charge on any atom is -0.478 e. The van der Waals surface area contributed by atoms with Gasteiger partial charge in [0.2, 0.25) is 0 Å². The smallest absolute Gasteiger partial charge is 0.338 e. The Labute approximate surface area is 147 Å². The number of carboxylic acids is 1. The fraction of sp³-hybridized carbons (Fsp3) is 0.278. The van der Waals surface area contributed by atoms with E-state index < -0.39 is 35.1 Å². The molecule has 7 heteroatoms. The summed E-state index contributed by atoms with van der Waals surface area (Å²) in [4.78, 5) is 11.1. The maximum absolute atomic E-state index is 14.4. The van der Waals surface area contributed by atoms with Gasteiger partial charge in [0.15, 0.2) is 17.5 Å². The van der Waals surface area contributed by atoms with Crippen LogP contribution < -0.4 is 0 Å². The minimum atomic E-state index is -1.81.